The standard InChI is InChI=1S/C16H20O2/c1-18-16(9-4-10-16)15(17)14-8-3-7-13(11-14)12-5-2-6-12/h3,7-8,11-12H,2,4-6,9-10H2,1H3. The molecule has 0 heterocycles. The Morgan fingerprint density at radius 1 is 1.28 bits per heavy atom. The molecule has 1 aromatic rings. The summed E-state index contributed by atoms with van der Waals surface area (Å²) in [6, 6.07) is 8.19. The number of hydrogen-bond donors (Lipinski definition) is 0. The molecule has 0 aromatic heterocycles. The lowest BCUT2D eigenvalue weighted by Gasteiger charge is -2.39. The second kappa shape index (κ2) is 4.51. The number of ketones is 1. The second-order valence-corrected chi connectivity index (χ2v) is 5.63. The van der Waals surface area contributed by atoms with Crippen LogP contribution in [0, 0.1) is 0 Å². The first-order valence-corrected chi connectivity index (χ1v) is 6.95. The van der Waals surface area contributed by atoms with Gasteiger partial charge in [0.1, 0.15) is 5.60 Å². The van der Waals surface area contributed by atoms with Crippen LogP contribution >= 0.6 is 0 Å². The van der Waals surface area contributed by atoms with Gasteiger partial charge >= 0.3 is 0 Å². The molecule has 2 fully saturated rings. The highest BCUT2D eigenvalue weighted by molar-refractivity contribution is 6.03. The molecule has 2 aliphatic carbocycles. The average molecular weight is 244 g/mol. The average Bonchev–Trinajstić information content (AvgIpc) is 2.26. The second-order valence-electron chi connectivity index (χ2n) is 5.63. The minimum atomic E-state index is -0.516. The summed E-state index contributed by atoms with van der Waals surface area (Å²) in [6.45, 7) is 0. The van der Waals surface area contributed by atoms with Gasteiger partial charge in [-0.25, -0.2) is 0 Å². The summed E-state index contributed by atoms with van der Waals surface area (Å²) in [6.07, 6.45) is 6.71. The first-order valence-electron chi connectivity index (χ1n) is 6.95. The quantitative estimate of drug-likeness (QED) is 0.755. The van der Waals surface area contributed by atoms with Gasteiger partial charge in [0.2, 0.25) is 0 Å². The zero-order valence-electron chi connectivity index (χ0n) is 10.9. The molecule has 0 aliphatic heterocycles. The highest BCUT2D eigenvalue weighted by Crippen LogP contribution is 2.40. The van der Waals surface area contributed by atoms with E-state index < -0.39 is 5.60 Å². The number of Topliss-reactive ketones (excluding diaryl/α,β-unsaturated/α-hetero) is 1. The maximum Gasteiger partial charge on any atom is 0.194 e. The van der Waals surface area contributed by atoms with E-state index in [1.165, 1.54) is 24.8 Å². The largest absolute Gasteiger partial charge is 0.370 e. The molecule has 2 heteroatoms. The van der Waals surface area contributed by atoms with Gasteiger partial charge in [0, 0.05) is 12.7 Å². The molecule has 2 saturated carbocycles. The first-order chi connectivity index (χ1) is 8.75. The van der Waals surface area contributed by atoms with Gasteiger partial charge in [-0.3, -0.25) is 4.79 Å². The van der Waals surface area contributed by atoms with Crippen LogP contribution < -0.4 is 0 Å². The summed E-state index contributed by atoms with van der Waals surface area (Å²) >= 11 is 0. The minimum absolute atomic E-state index is 0.178. The molecule has 0 radical (unpaired) electrons. The van der Waals surface area contributed by atoms with Gasteiger partial charge in [-0.2, -0.15) is 0 Å². The van der Waals surface area contributed by atoms with E-state index in [1.807, 2.05) is 12.1 Å². The number of carbonyl (C=O) groups excluding carboxylic acids is 1. The van der Waals surface area contributed by atoms with Gasteiger partial charge < -0.3 is 4.74 Å². The number of rotatable bonds is 4. The van der Waals surface area contributed by atoms with Crippen LogP contribution in [0.4, 0.5) is 0 Å². The molecule has 0 bridgehead atoms. The van der Waals surface area contributed by atoms with Crippen molar-refractivity contribution in [3.63, 3.8) is 0 Å². The van der Waals surface area contributed by atoms with Crippen LogP contribution in [0.15, 0.2) is 24.3 Å². The molecule has 2 nitrogen and oxygen atoms in total. The number of methoxy groups -OCH3 is 1. The van der Waals surface area contributed by atoms with Crippen molar-refractivity contribution in [3.05, 3.63) is 35.4 Å². The number of ether oxygens (including phenoxy) is 1. The van der Waals surface area contributed by atoms with E-state index in [0.29, 0.717) is 5.92 Å². The Morgan fingerprint density at radius 3 is 2.56 bits per heavy atom. The van der Waals surface area contributed by atoms with E-state index in [4.69, 9.17) is 4.74 Å². The first kappa shape index (κ1) is 11.9. The van der Waals surface area contributed by atoms with Crippen molar-refractivity contribution < 1.29 is 9.53 Å². The van der Waals surface area contributed by atoms with Crippen molar-refractivity contribution in [1.29, 1.82) is 0 Å². The smallest absolute Gasteiger partial charge is 0.194 e. The third kappa shape index (κ3) is 1.79. The van der Waals surface area contributed by atoms with E-state index in [1.54, 1.807) is 7.11 Å². The fourth-order valence-corrected chi connectivity index (χ4v) is 2.96. The topological polar surface area (TPSA) is 26.3 Å². The predicted octanol–water partition coefficient (Wildman–Crippen LogP) is 3.71. The van der Waals surface area contributed by atoms with Crippen LogP contribution in [0.5, 0.6) is 0 Å². The van der Waals surface area contributed by atoms with Crippen LogP contribution in [-0.4, -0.2) is 18.5 Å². The Morgan fingerprint density at radius 2 is 2.06 bits per heavy atom. The molecule has 2 aliphatic rings. The van der Waals surface area contributed by atoms with Crippen LogP contribution in [0.25, 0.3) is 0 Å². The number of benzene rings is 1. The van der Waals surface area contributed by atoms with Crippen LogP contribution in [0.2, 0.25) is 0 Å². The van der Waals surface area contributed by atoms with Gasteiger partial charge in [0.15, 0.2) is 5.78 Å². The predicted molar refractivity (Wildman–Crippen MR) is 71.0 cm³/mol. The van der Waals surface area contributed by atoms with Crippen LogP contribution in [0.1, 0.15) is 60.4 Å². The third-order valence-corrected chi connectivity index (χ3v) is 4.69. The van der Waals surface area contributed by atoms with Crippen molar-refractivity contribution in [2.24, 2.45) is 0 Å². The van der Waals surface area contributed by atoms with Crippen molar-refractivity contribution in [1.82, 2.24) is 0 Å². The van der Waals surface area contributed by atoms with E-state index in [9.17, 15) is 4.79 Å². The van der Waals surface area contributed by atoms with Gasteiger partial charge in [-0.05, 0) is 49.7 Å². The molecule has 0 unspecified atom stereocenters. The van der Waals surface area contributed by atoms with E-state index in [2.05, 4.69) is 12.1 Å². The molecular formula is C16H20O2. The fraction of sp³-hybridized carbons (Fsp3) is 0.562. The van der Waals surface area contributed by atoms with Crippen LogP contribution in [0.3, 0.4) is 0 Å². The lowest BCUT2D eigenvalue weighted by atomic mass is 9.73. The summed E-state index contributed by atoms with van der Waals surface area (Å²) in [7, 11) is 1.66. The SMILES string of the molecule is COC1(C(=O)c2cccc(C3CCC3)c2)CCC1. The molecule has 96 valence electrons. The van der Waals surface area contributed by atoms with Crippen LogP contribution in [-0.2, 0) is 4.74 Å². The Balaban J connectivity index is 1.85. The summed E-state index contributed by atoms with van der Waals surface area (Å²) in [5.74, 6) is 0.857. The Labute approximate surface area is 108 Å². The Bertz CT molecular complexity index is 450. The summed E-state index contributed by atoms with van der Waals surface area (Å²) in [4.78, 5) is 12.5. The van der Waals surface area contributed by atoms with E-state index >= 15 is 0 Å². The molecule has 0 N–H and O–H groups in total. The molecule has 0 spiro atoms. The van der Waals surface area contributed by atoms with Crippen molar-refractivity contribution in [3.8, 4) is 0 Å². The summed E-state index contributed by atoms with van der Waals surface area (Å²) in [5, 5.41) is 0. The van der Waals surface area contributed by atoms with Crippen molar-refractivity contribution in [2.45, 2.75) is 50.0 Å². The minimum Gasteiger partial charge on any atom is -0.370 e. The molecule has 18 heavy (non-hydrogen) atoms. The van der Waals surface area contributed by atoms with Gasteiger partial charge in [-0.15, -0.1) is 0 Å². The summed E-state index contributed by atoms with van der Waals surface area (Å²) < 4.78 is 5.48. The normalized spacial score (nSPS) is 22.1. The molecule has 0 amide bonds. The van der Waals surface area contributed by atoms with E-state index in [0.717, 1.165) is 24.8 Å². The number of hydrogen-bond acceptors (Lipinski definition) is 2. The molecular weight excluding hydrogens is 224 g/mol. The lowest BCUT2D eigenvalue weighted by Crippen LogP contribution is -2.47. The molecule has 1 aromatic carbocycles. The zero-order valence-corrected chi connectivity index (χ0v) is 10.9. The van der Waals surface area contributed by atoms with Gasteiger partial charge in [-0.1, -0.05) is 24.6 Å². The molecule has 0 atom stereocenters. The maximum absolute atomic E-state index is 12.5. The molecule has 0 saturated heterocycles. The zero-order chi connectivity index (χ0) is 12.6. The highest BCUT2D eigenvalue weighted by atomic mass is 16.5. The maximum atomic E-state index is 12.5. The van der Waals surface area contributed by atoms with E-state index in [-0.39, 0.29) is 5.78 Å². The Kier molecular flexibility index (Phi) is 2.98. The van der Waals surface area contributed by atoms with Crippen molar-refractivity contribution >= 4 is 5.78 Å². The van der Waals surface area contributed by atoms with Gasteiger partial charge in [0.25, 0.3) is 0 Å². The highest BCUT2D eigenvalue weighted by Gasteiger charge is 2.44. The van der Waals surface area contributed by atoms with Crippen molar-refractivity contribution in [2.75, 3.05) is 7.11 Å². The summed E-state index contributed by atoms with van der Waals surface area (Å²) in [5.41, 5.74) is 1.65. The lowest BCUT2D eigenvalue weighted by molar-refractivity contribution is -0.0448. The fourth-order valence-electron chi connectivity index (χ4n) is 2.96. The monoisotopic (exact) mass is 244 g/mol. The number of carbonyl (C=O) groups is 1. The Hall–Kier alpha value is -1.15. The third-order valence-electron chi connectivity index (χ3n) is 4.69. The van der Waals surface area contributed by atoms with Gasteiger partial charge in [0.05, 0.1) is 0 Å². The molecule has 3 rings (SSSR count).